The van der Waals surface area contributed by atoms with Gasteiger partial charge in [0.1, 0.15) is 5.00 Å². The minimum absolute atomic E-state index is 0.237. The maximum Gasteiger partial charge on any atom is 0.130 e. The molecule has 0 bridgehead atoms. The molecule has 0 aliphatic carbocycles. The van der Waals surface area contributed by atoms with Crippen LogP contribution in [-0.2, 0) is 0 Å². The normalized spacial score (nSPS) is 12.7. The first-order valence-electron chi connectivity index (χ1n) is 4.03. The molecule has 0 radical (unpaired) electrons. The average molecular weight is 246 g/mol. The molecule has 3 nitrogen and oxygen atoms in total. The first kappa shape index (κ1) is 9.89. The number of rotatable bonds is 3. The molecule has 0 amide bonds. The van der Waals surface area contributed by atoms with E-state index in [9.17, 15) is 0 Å². The lowest BCUT2D eigenvalue weighted by atomic mass is 10.2. The minimum Gasteiger partial charge on any atom is -0.368 e. The number of hydrogen-bond acceptors (Lipinski definition) is 5. The molecule has 6 heteroatoms. The molecule has 14 heavy (non-hydrogen) atoms. The molecule has 1 N–H and O–H groups in total. The molecule has 0 aromatic carbocycles. The van der Waals surface area contributed by atoms with Crippen molar-refractivity contribution in [1.29, 1.82) is 0 Å². The zero-order valence-electron chi connectivity index (χ0n) is 7.40. The van der Waals surface area contributed by atoms with Crippen molar-refractivity contribution in [3.05, 3.63) is 27.5 Å². The summed E-state index contributed by atoms with van der Waals surface area (Å²) in [6, 6.07) is 2.21. The van der Waals surface area contributed by atoms with Crippen LogP contribution in [0.15, 0.2) is 17.6 Å². The Kier molecular flexibility index (Phi) is 3.00. The van der Waals surface area contributed by atoms with Crippen molar-refractivity contribution in [2.75, 3.05) is 5.32 Å². The third-order valence-corrected chi connectivity index (χ3v) is 3.51. The van der Waals surface area contributed by atoms with Crippen LogP contribution in [0.4, 0.5) is 5.00 Å². The molecule has 0 saturated heterocycles. The van der Waals surface area contributed by atoms with Crippen LogP contribution in [0.2, 0.25) is 4.34 Å². The number of hydrogen-bond donors (Lipinski definition) is 1. The van der Waals surface area contributed by atoms with E-state index in [0.29, 0.717) is 0 Å². The van der Waals surface area contributed by atoms with Crippen molar-refractivity contribution >= 4 is 39.5 Å². The molecular formula is C8H8ClN3S2. The molecule has 2 heterocycles. The smallest absolute Gasteiger partial charge is 0.130 e. The summed E-state index contributed by atoms with van der Waals surface area (Å²) in [5.41, 5.74) is 1.19. The highest BCUT2D eigenvalue weighted by atomic mass is 35.5. The van der Waals surface area contributed by atoms with Crippen molar-refractivity contribution in [1.82, 2.24) is 9.59 Å². The topological polar surface area (TPSA) is 37.8 Å². The van der Waals surface area contributed by atoms with Crippen LogP contribution in [0.5, 0.6) is 0 Å². The number of nitrogens with one attached hydrogen (secondary N) is 1. The molecule has 0 aliphatic rings. The average Bonchev–Trinajstić information content (AvgIpc) is 2.75. The minimum atomic E-state index is 0.237. The summed E-state index contributed by atoms with van der Waals surface area (Å²) in [6.07, 6.45) is 1.72. The van der Waals surface area contributed by atoms with Gasteiger partial charge in [-0.15, -0.1) is 16.4 Å². The van der Waals surface area contributed by atoms with Crippen LogP contribution < -0.4 is 5.32 Å². The van der Waals surface area contributed by atoms with Gasteiger partial charge in [-0.05, 0) is 23.9 Å². The van der Waals surface area contributed by atoms with E-state index in [4.69, 9.17) is 11.6 Å². The van der Waals surface area contributed by atoms with E-state index in [-0.39, 0.29) is 6.04 Å². The first-order chi connectivity index (χ1) is 6.75. The molecule has 2 aromatic heterocycles. The number of aromatic nitrogens is 2. The fraction of sp³-hybridized carbons (Fsp3) is 0.250. The Morgan fingerprint density at radius 3 is 3.00 bits per heavy atom. The second-order valence-electron chi connectivity index (χ2n) is 2.83. The lowest BCUT2D eigenvalue weighted by Gasteiger charge is -2.10. The number of halogens is 1. The van der Waals surface area contributed by atoms with E-state index < -0.39 is 0 Å². The van der Waals surface area contributed by atoms with E-state index >= 15 is 0 Å². The van der Waals surface area contributed by atoms with Gasteiger partial charge in [0.05, 0.1) is 16.6 Å². The zero-order chi connectivity index (χ0) is 9.97. The molecule has 0 fully saturated rings. The monoisotopic (exact) mass is 245 g/mol. The Labute approximate surface area is 94.9 Å². The molecule has 0 saturated carbocycles. The molecule has 0 aliphatic heterocycles. The maximum absolute atomic E-state index is 5.86. The highest BCUT2D eigenvalue weighted by Gasteiger charge is 2.08. The molecule has 1 atom stereocenters. The third kappa shape index (κ3) is 2.23. The maximum atomic E-state index is 5.86. The summed E-state index contributed by atoms with van der Waals surface area (Å²) in [5.74, 6) is 0. The summed E-state index contributed by atoms with van der Waals surface area (Å²) in [6.45, 7) is 2.08. The number of anilines is 1. The largest absolute Gasteiger partial charge is 0.368 e. The zero-order valence-corrected chi connectivity index (χ0v) is 9.79. The third-order valence-electron chi connectivity index (χ3n) is 1.81. The highest BCUT2D eigenvalue weighted by molar-refractivity contribution is 7.14. The van der Waals surface area contributed by atoms with E-state index in [1.54, 1.807) is 17.5 Å². The van der Waals surface area contributed by atoms with E-state index in [2.05, 4.69) is 27.2 Å². The lowest BCUT2D eigenvalue weighted by molar-refractivity contribution is 0.894. The van der Waals surface area contributed by atoms with Gasteiger partial charge in [-0.3, -0.25) is 0 Å². The van der Waals surface area contributed by atoms with Crippen LogP contribution in [0.3, 0.4) is 0 Å². The fourth-order valence-corrected chi connectivity index (χ4v) is 2.57. The Morgan fingerprint density at radius 2 is 2.43 bits per heavy atom. The molecule has 74 valence electrons. The first-order valence-corrected chi connectivity index (χ1v) is 6.06. The number of thiophene rings is 1. The summed E-state index contributed by atoms with van der Waals surface area (Å²) in [7, 11) is 0. The summed E-state index contributed by atoms with van der Waals surface area (Å²) in [5, 5.41) is 10.1. The highest BCUT2D eigenvalue weighted by Crippen LogP contribution is 2.27. The second kappa shape index (κ2) is 4.25. The van der Waals surface area contributed by atoms with Gasteiger partial charge >= 0.3 is 0 Å². The van der Waals surface area contributed by atoms with E-state index in [1.807, 2.05) is 6.07 Å². The van der Waals surface area contributed by atoms with Gasteiger partial charge in [0.25, 0.3) is 0 Å². The van der Waals surface area contributed by atoms with E-state index in [1.165, 1.54) is 17.1 Å². The predicted octanol–water partition coefficient (Wildman–Crippen LogP) is 3.43. The predicted molar refractivity (Wildman–Crippen MR) is 61.3 cm³/mol. The van der Waals surface area contributed by atoms with Crippen molar-refractivity contribution in [2.45, 2.75) is 13.0 Å². The van der Waals surface area contributed by atoms with Crippen LogP contribution in [0.25, 0.3) is 0 Å². The summed E-state index contributed by atoms with van der Waals surface area (Å²) < 4.78 is 4.60. The Hall–Kier alpha value is -0.650. The van der Waals surface area contributed by atoms with Gasteiger partial charge in [0.15, 0.2) is 0 Å². The van der Waals surface area contributed by atoms with Crippen molar-refractivity contribution in [3.63, 3.8) is 0 Å². The summed E-state index contributed by atoms with van der Waals surface area (Å²) >= 11 is 8.75. The fourth-order valence-electron chi connectivity index (χ4n) is 1.08. The number of nitrogens with zero attached hydrogens (tertiary/aromatic N) is 2. The van der Waals surface area contributed by atoms with Crippen molar-refractivity contribution in [3.8, 4) is 0 Å². The van der Waals surface area contributed by atoms with Gasteiger partial charge in [-0.1, -0.05) is 16.1 Å². The molecule has 2 aromatic rings. The van der Waals surface area contributed by atoms with Gasteiger partial charge in [-0.25, -0.2) is 0 Å². The molecule has 1 unspecified atom stereocenters. The van der Waals surface area contributed by atoms with Crippen LogP contribution >= 0.6 is 34.5 Å². The van der Waals surface area contributed by atoms with Gasteiger partial charge in [-0.2, -0.15) is 0 Å². The summed E-state index contributed by atoms with van der Waals surface area (Å²) in [4.78, 5) is 0. The SMILES string of the molecule is CC(Nc1cnns1)c1csc(Cl)c1. The van der Waals surface area contributed by atoms with Crippen LogP contribution in [-0.4, -0.2) is 9.59 Å². The van der Waals surface area contributed by atoms with Crippen LogP contribution in [0.1, 0.15) is 18.5 Å². The van der Waals surface area contributed by atoms with Gasteiger partial charge < -0.3 is 5.32 Å². The quantitative estimate of drug-likeness (QED) is 0.900. The molecular weight excluding hydrogens is 238 g/mol. The van der Waals surface area contributed by atoms with Crippen LogP contribution in [0, 0.1) is 0 Å². The van der Waals surface area contributed by atoms with Crippen molar-refractivity contribution < 1.29 is 0 Å². The molecule has 0 spiro atoms. The lowest BCUT2D eigenvalue weighted by Crippen LogP contribution is -2.03. The Morgan fingerprint density at radius 1 is 1.57 bits per heavy atom. The standard InChI is InChI=1S/C8H8ClN3S2/c1-5(6-2-7(9)13-4-6)11-8-3-10-12-14-8/h2-5,11H,1H3. The Bertz CT molecular complexity index is 398. The molecule has 2 rings (SSSR count). The Balaban J connectivity index is 2.06. The second-order valence-corrected chi connectivity index (χ2v) is 5.16. The van der Waals surface area contributed by atoms with Gasteiger partial charge in [0, 0.05) is 11.5 Å². The van der Waals surface area contributed by atoms with Crippen molar-refractivity contribution in [2.24, 2.45) is 0 Å². The van der Waals surface area contributed by atoms with Gasteiger partial charge in [0.2, 0.25) is 0 Å². The van der Waals surface area contributed by atoms with E-state index in [0.717, 1.165) is 9.34 Å².